The Morgan fingerprint density at radius 3 is 2.81 bits per heavy atom. The average Bonchev–Trinajstić information content (AvgIpc) is 3.12. The number of rotatable bonds is 5. The van der Waals surface area contributed by atoms with Gasteiger partial charge in [0, 0.05) is 16.5 Å². The van der Waals surface area contributed by atoms with Crippen LogP contribution in [-0.4, -0.2) is 21.0 Å². The van der Waals surface area contributed by atoms with E-state index < -0.39 is 0 Å². The molecule has 0 aliphatic heterocycles. The van der Waals surface area contributed by atoms with E-state index in [4.69, 9.17) is 4.52 Å². The minimum Gasteiger partial charge on any atom is -0.338 e. The topological polar surface area (TPSA) is 80.9 Å². The van der Waals surface area contributed by atoms with Gasteiger partial charge in [0.1, 0.15) is 0 Å². The number of pyridine rings is 1. The Labute approximate surface area is 160 Å². The molecule has 2 aromatic heterocycles. The van der Waals surface area contributed by atoms with E-state index in [-0.39, 0.29) is 5.91 Å². The molecule has 1 amide bonds. The fourth-order valence-electron chi connectivity index (χ4n) is 2.71. The summed E-state index contributed by atoms with van der Waals surface area (Å²) in [5.41, 5.74) is 2.04. The number of amides is 1. The van der Waals surface area contributed by atoms with Crippen molar-refractivity contribution < 1.29 is 9.32 Å². The Kier molecular flexibility index (Phi) is 4.84. The largest absolute Gasteiger partial charge is 0.338 e. The maximum absolute atomic E-state index is 12.9. The molecule has 27 heavy (non-hydrogen) atoms. The van der Waals surface area contributed by atoms with Crippen LogP contribution in [0.5, 0.6) is 0 Å². The third-order valence-electron chi connectivity index (χ3n) is 3.93. The van der Waals surface area contributed by atoms with E-state index in [1.54, 1.807) is 19.2 Å². The van der Waals surface area contributed by atoms with E-state index in [1.807, 2.05) is 48.5 Å². The number of nitrogens with zero attached hydrogens (tertiary/aromatic N) is 3. The van der Waals surface area contributed by atoms with Crippen molar-refractivity contribution >= 4 is 34.3 Å². The number of thioether (sulfide) groups is 1. The van der Waals surface area contributed by atoms with E-state index >= 15 is 0 Å². The molecule has 4 aromatic rings. The van der Waals surface area contributed by atoms with Crippen LogP contribution in [0.3, 0.4) is 0 Å². The van der Waals surface area contributed by atoms with Crippen molar-refractivity contribution in [1.29, 1.82) is 0 Å². The zero-order chi connectivity index (χ0) is 18.6. The molecule has 134 valence electrons. The smallest absolute Gasteiger partial charge is 0.256 e. The van der Waals surface area contributed by atoms with Crippen LogP contribution in [0.25, 0.3) is 10.9 Å². The Hall–Kier alpha value is -3.19. The lowest BCUT2D eigenvalue weighted by Gasteiger charge is -2.10. The van der Waals surface area contributed by atoms with Crippen molar-refractivity contribution in [1.82, 2.24) is 15.1 Å². The normalized spacial score (nSPS) is 10.9. The molecule has 0 bridgehead atoms. The monoisotopic (exact) mass is 376 g/mol. The van der Waals surface area contributed by atoms with Gasteiger partial charge in [0.25, 0.3) is 5.91 Å². The number of carbonyl (C=O) groups is 1. The van der Waals surface area contributed by atoms with Gasteiger partial charge in [-0.3, -0.25) is 9.78 Å². The molecule has 2 heterocycles. The molecule has 0 aliphatic carbocycles. The van der Waals surface area contributed by atoms with Gasteiger partial charge in [-0.2, -0.15) is 4.98 Å². The Bertz CT molecular complexity index is 1100. The van der Waals surface area contributed by atoms with Gasteiger partial charge in [0.15, 0.2) is 5.82 Å². The van der Waals surface area contributed by atoms with E-state index in [2.05, 4.69) is 20.4 Å². The summed E-state index contributed by atoms with van der Waals surface area (Å²) in [7, 11) is 0. The first-order valence-electron chi connectivity index (χ1n) is 8.37. The van der Waals surface area contributed by atoms with E-state index in [0.29, 0.717) is 28.7 Å². The number of fused-ring (bicyclic) bond motifs is 1. The second-order valence-electron chi connectivity index (χ2n) is 5.85. The maximum atomic E-state index is 12.9. The molecule has 6 nitrogen and oxygen atoms in total. The Balaban J connectivity index is 1.56. The van der Waals surface area contributed by atoms with Crippen molar-refractivity contribution in [3.05, 3.63) is 78.1 Å². The minimum absolute atomic E-state index is 0.182. The van der Waals surface area contributed by atoms with Crippen LogP contribution >= 0.6 is 11.8 Å². The van der Waals surface area contributed by atoms with Gasteiger partial charge in [-0.15, -0.1) is 11.8 Å². The Morgan fingerprint density at radius 2 is 1.96 bits per heavy atom. The van der Waals surface area contributed by atoms with Crippen LogP contribution in [0.1, 0.15) is 22.1 Å². The summed E-state index contributed by atoms with van der Waals surface area (Å²) < 4.78 is 5.14. The van der Waals surface area contributed by atoms with Crippen molar-refractivity contribution in [3.8, 4) is 0 Å². The highest BCUT2D eigenvalue weighted by Crippen LogP contribution is 2.27. The molecule has 0 saturated heterocycles. The van der Waals surface area contributed by atoms with Gasteiger partial charge in [-0.05, 0) is 31.2 Å². The van der Waals surface area contributed by atoms with Crippen LogP contribution in [-0.2, 0) is 5.75 Å². The highest BCUT2D eigenvalue weighted by molar-refractivity contribution is 7.98. The van der Waals surface area contributed by atoms with Crippen molar-refractivity contribution in [2.45, 2.75) is 17.6 Å². The zero-order valence-corrected chi connectivity index (χ0v) is 15.4. The lowest BCUT2D eigenvalue weighted by Crippen LogP contribution is -2.13. The lowest BCUT2D eigenvalue weighted by molar-refractivity contribution is 0.102. The van der Waals surface area contributed by atoms with Gasteiger partial charge in [0.2, 0.25) is 5.89 Å². The molecular formula is C20H16N4O2S. The second kappa shape index (κ2) is 7.59. The van der Waals surface area contributed by atoms with Crippen molar-refractivity contribution in [2.75, 3.05) is 5.32 Å². The number of aromatic nitrogens is 3. The van der Waals surface area contributed by atoms with Crippen LogP contribution in [0.4, 0.5) is 5.69 Å². The summed E-state index contributed by atoms with van der Waals surface area (Å²) in [5, 5.41) is 7.74. The predicted octanol–water partition coefficient (Wildman–Crippen LogP) is 4.47. The molecule has 2 aromatic carbocycles. The second-order valence-corrected chi connectivity index (χ2v) is 6.87. The minimum atomic E-state index is -0.182. The van der Waals surface area contributed by atoms with E-state index in [9.17, 15) is 4.79 Å². The number of nitrogens with one attached hydrogen (secondary N) is 1. The Morgan fingerprint density at radius 1 is 1.11 bits per heavy atom. The molecule has 0 aliphatic rings. The number of carbonyl (C=O) groups excluding carboxylic acids is 1. The molecule has 7 heteroatoms. The summed E-state index contributed by atoms with van der Waals surface area (Å²) in [6, 6.07) is 17.0. The van der Waals surface area contributed by atoms with Gasteiger partial charge in [-0.25, -0.2) is 0 Å². The maximum Gasteiger partial charge on any atom is 0.256 e. The molecule has 0 unspecified atom stereocenters. The van der Waals surface area contributed by atoms with E-state index in [1.165, 1.54) is 11.8 Å². The average molecular weight is 376 g/mol. The van der Waals surface area contributed by atoms with Crippen molar-refractivity contribution in [3.63, 3.8) is 0 Å². The standard InChI is InChI=1S/C20H16N4O2S/c1-13-22-18(26-24-13)12-27-17-10-3-2-8-15(17)20(25)23-16-9-4-6-14-7-5-11-21-19(14)16/h2-11H,12H2,1H3,(H,23,25). The lowest BCUT2D eigenvalue weighted by atomic mass is 10.1. The molecule has 0 fully saturated rings. The first kappa shape index (κ1) is 17.2. The number of aryl methyl sites for hydroxylation is 1. The summed E-state index contributed by atoms with van der Waals surface area (Å²) in [4.78, 5) is 22.3. The van der Waals surface area contributed by atoms with Crippen LogP contribution in [0.2, 0.25) is 0 Å². The highest BCUT2D eigenvalue weighted by atomic mass is 32.2. The molecule has 0 radical (unpaired) electrons. The first-order valence-corrected chi connectivity index (χ1v) is 9.35. The zero-order valence-electron chi connectivity index (χ0n) is 14.5. The fraction of sp³-hybridized carbons (Fsp3) is 0.100. The highest BCUT2D eigenvalue weighted by Gasteiger charge is 2.14. The quantitative estimate of drug-likeness (QED) is 0.518. The SMILES string of the molecule is Cc1noc(CSc2ccccc2C(=O)Nc2cccc3cccnc23)n1. The van der Waals surface area contributed by atoms with E-state index in [0.717, 1.165) is 15.8 Å². The molecule has 0 spiro atoms. The first-order chi connectivity index (χ1) is 13.2. The summed E-state index contributed by atoms with van der Waals surface area (Å²) in [6.07, 6.45) is 1.72. The summed E-state index contributed by atoms with van der Waals surface area (Å²) in [6.45, 7) is 1.78. The molecule has 0 atom stereocenters. The predicted molar refractivity (Wildman–Crippen MR) is 105 cm³/mol. The van der Waals surface area contributed by atoms with Crippen LogP contribution in [0, 0.1) is 6.92 Å². The van der Waals surface area contributed by atoms with Gasteiger partial charge in [-0.1, -0.05) is 35.5 Å². The number of benzene rings is 2. The van der Waals surface area contributed by atoms with Crippen LogP contribution < -0.4 is 5.32 Å². The van der Waals surface area contributed by atoms with Gasteiger partial charge >= 0.3 is 0 Å². The number of para-hydroxylation sites is 1. The number of anilines is 1. The summed E-state index contributed by atoms with van der Waals surface area (Å²) in [5.74, 6) is 1.45. The molecule has 1 N–H and O–H groups in total. The van der Waals surface area contributed by atoms with Crippen LogP contribution in [0.15, 0.2) is 70.2 Å². The molecule has 4 rings (SSSR count). The fourth-order valence-corrected chi connectivity index (χ4v) is 3.60. The van der Waals surface area contributed by atoms with Gasteiger partial charge < -0.3 is 9.84 Å². The third kappa shape index (κ3) is 3.83. The number of hydrogen-bond donors (Lipinski definition) is 1. The molecule has 0 saturated carbocycles. The third-order valence-corrected chi connectivity index (χ3v) is 4.99. The van der Waals surface area contributed by atoms with Gasteiger partial charge in [0.05, 0.1) is 22.5 Å². The van der Waals surface area contributed by atoms with Crippen molar-refractivity contribution in [2.24, 2.45) is 0 Å². The number of hydrogen-bond acceptors (Lipinski definition) is 6. The molecular weight excluding hydrogens is 360 g/mol. The summed E-state index contributed by atoms with van der Waals surface area (Å²) >= 11 is 1.48.